The summed E-state index contributed by atoms with van der Waals surface area (Å²) in [6.45, 7) is 0. The standard InChI is InChI=1S/C9H5F2NO/c10-6-1-2-7(11)8-5(6)3-4-12-9(8)13/h1-4H,(H,12,13). The zero-order valence-corrected chi connectivity index (χ0v) is 6.47. The maximum absolute atomic E-state index is 13.0. The van der Waals surface area contributed by atoms with Crippen LogP contribution in [0.15, 0.2) is 29.2 Å². The number of rotatable bonds is 0. The summed E-state index contributed by atoms with van der Waals surface area (Å²) in [5, 5.41) is -0.230. The molecule has 0 bridgehead atoms. The topological polar surface area (TPSA) is 32.9 Å². The molecule has 2 aromatic rings. The highest BCUT2D eigenvalue weighted by atomic mass is 19.1. The van der Waals surface area contributed by atoms with Gasteiger partial charge in [-0.1, -0.05) is 0 Å². The fourth-order valence-electron chi connectivity index (χ4n) is 1.23. The average molecular weight is 181 g/mol. The highest BCUT2D eigenvalue weighted by Crippen LogP contribution is 2.16. The van der Waals surface area contributed by atoms with E-state index in [4.69, 9.17) is 0 Å². The van der Waals surface area contributed by atoms with Crippen molar-refractivity contribution in [3.05, 3.63) is 46.4 Å². The molecule has 0 atom stereocenters. The lowest BCUT2D eigenvalue weighted by Gasteiger charge is -1.98. The van der Waals surface area contributed by atoms with Crippen molar-refractivity contribution in [3.8, 4) is 0 Å². The van der Waals surface area contributed by atoms with E-state index in [1.54, 1.807) is 0 Å². The second kappa shape index (κ2) is 2.65. The number of H-pyrrole nitrogens is 1. The number of nitrogens with one attached hydrogen (secondary N) is 1. The maximum Gasteiger partial charge on any atom is 0.258 e. The number of hydrogen-bond donors (Lipinski definition) is 1. The third-order valence-corrected chi connectivity index (χ3v) is 1.83. The van der Waals surface area contributed by atoms with Crippen molar-refractivity contribution in [1.82, 2.24) is 4.98 Å². The minimum absolute atomic E-state index is 0.00347. The third kappa shape index (κ3) is 1.11. The van der Waals surface area contributed by atoms with Crippen molar-refractivity contribution in [2.75, 3.05) is 0 Å². The van der Waals surface area contributed by atoms with E-state index in [0.29, 0.717) is 0 Å². The lowest BCUT2D eigenvalue weighted by Crippen LogP contribution is -2.07. The van der Waals surface area contributed by atoms with Gasteiger partial charge >= 0.3 is 0 Å². The van der Waals surface area contributed by atoms with Gasteiger partial charge in [0.05, 0.1) is 5.39 Å². The highest BCUT2D eigenvalue weighted by molar-refractivity contribution is 5.82. The monoisotopic (exact) mass is 181 g/mol. The van der Waals surface area contributed by atoms with Gasteiger partial charge in [0.2, 0.25) is 0 Å². The molecule has 1 N–H and O–H groups in total. The zero-order valence-electron chi connectivity index (χ0n) is 6.47. The zero-order chi connectivity index (χ0) is 9.42. The number of hydrogen-bond acceptors (Lipinski definition) is 1. The van der Waals surface area contributed by atoms with Gasteiger partial charge in [-0.25, -0.2) is 8.78 Å². The fraction of sp³-hybridized carbons (Fsp3) is 0. The summed E-state index contributed by atoms with van der Waals surface area (Å²) >= 11 is 0. The second-order valence-electron chi connectivity index (χ2n) is 2.62. The largest absolute Gasteiger partial charge is 0.328 e. The molecule has 0 aliphatic carbocycles. The summed E-state index contributed by atoms with van der Waals surface area (Å²) in [6, 6.07) is 3.26. The Labute approximate surface area is 71.8 Å². The molecule has 4 heteroatoms. The Morgan fingerprint density at radius 1 is 1.08 bits per heavy atom. The molecular formula is C9H5F2NO. The molecule has 0 aliphatic heterocycles. The van der Waals surface area contributed by atoms with Gasteiger partial charge in [0.25, 0.3) is 5.56 Å². The van der Waals surface area contributed by atoms with Crippen LogP contribution in [-0.4, -0.2) is 4.98 Å². The number of halogens is 2. The molecule has 2 rings (SSSR count). The molecule has 1 heterocycles. The van der Waals surface area contributed by atoms with Crippen molar-refractivity contribution in [2.45, 2.75) is 0 Å². The van der Waals surface area contributed by atoms with Crippen LogP contribution in [0.4, 0.5) is 8.78 Å². The summed E-state index contributed by atoms with van der Waals surface area (Å²) in [5.74, 6) is -1.30. The summed E-state index contributed by atoms with van der Waals surface area (Å²) in [6.07, 6.45) is 1.28. The van der Waals surface area contributed by atoms with Gasteiger partial charge in [-0.05, 0) is 18.2 Å². The molecule has 2 nitrogen and oxygen atoms in total. The van der Waals surface area contributed by atoms with Crippen LogP contribution < -0.4 is 5.56 Å². The van der Waals surface area contributed by atoms with Crippen molar-refractivity contribution >= 4 is 10.8 Å². The Hall–Kier alpha value is -1.71. The first-order valence-electron chi connectivity index (χ1n) is 3.65. The van der Waals surface area contributed by atoms with Crippen LogP contribution in [0.5, 0.6) is 0 Å². The molecule has 1 aromatic carbocycles. The molecule has 0 unspecified atom stereocenters. The van der Waals surface area contributed by atoms with E-state index in [9.17, 15) is 13.6 Å². The van der Waals surface area contributed by atoms with Gasteiger partial charge in [-0.15, -0.1) is 0 Å². The van der Waals surface area contributed by atoms with E-state index in [1.165, 1.54) is 12.3 Å². The van der Waals surface area contributed by atoms with E-state index in [1.807, 2.05) is 0 Å². The first-order valence-corrected chi connectivity index (χ1v) is 3.65. The van der Waals surface area contributed by atoms with E-state index in [2.05, 4.69) is 4.98 Å². The quantitative estimate of drug-likeness (QED) is 0.660. The Balaban J connectivity index is 3.09. The molecule has 0 amide bonds. The van der Waals surface area contributed by atoms with Crippen molar-refractivity contribution in [1.29, 1.82) is 0 Å². The second-order valence-corrected chi connectivity index (χ2v) is 2.62. The van der Waals surface area contributed by atoms with E-state index in [-0.39, 0.29) is 10.8 Å². The summed E-state index contributed by atoms with van der Waals surface area (Å²) in [4.78, 5) is 13.4. The van der Waals surface area contributed by atoms with Gasteiger partial charge in [0.1, 0.15) is 11.6 Å². The summed E-state index contributed by atoms with van der Waals surface area (Å²) in [5.41, 5.74) is -0.616. The predicted octanol–water partition coefficient (Wildman–Crippen LogP) is 1.81. The molecule has 0 radical (unpaired) electrons. The van der Waals surface area contributed by atoms with Crippen molar-refractivity contribution in [2.24, 2.45) is 0 Å². The molecular weight excluding hydrogens is 176 g/mol. The number of aromatic amines is 1. The van der Waals surface area contributed by atoms with Gasteiger partial charge < -0.3 is 4.98 Å². The van der Waals surface area contributed by atoms with Crippen LogP contribution in [0, 0.1) is 11.6 Å². The van der Waals surface area contributed by atoms with Crippen LogP contribution in [0.2, 0.25) is 0 Å². The average Bonchev–Trinajstić information content (AvgIpc) is 2.12. The maximum atomic E-state index is 13.0. The predicted molar refractivity (Wildman–Crippen MR) is 44.5 cm³/mol. The van der Waals surface area contributed by atoms with Gasteiger partial charge in [0, 0.05) is 11.6 Å². The fourth-order valence-corrected chi connectivity index (χ4v) is 1.23. The molecule has 0 fully saturated rings. The SMILES string of the molecule is O=c1[nH]ccc2c(F)ccc(F)c12. The van der Waals surface area contributed by atoms with E-state index >= 15 is 0 Å². The molecule has 13 heavy (non-hydrogen) atoms. The number of aromatic nitrogens is 1. The van der Waals surface area contributed by atoms with Gasteiger partial charge in [0.15, 0.2) is 0 Å². The van der Waals surface area contributed by atoms with Crippen LogP contribution in [0.1, 0.15) is 0 Å². The van der Waals surface area contributed by atoms with Crippen LogP contribution in [0.3, 0.4) is 0 Å². The minimum Gasteiger partial charge on any atom is -0.328 e. The van der Waals surface area contributed by atoms with Crippen molar-refractivity contribution in [3.63, 3.8) is 0 Å². The Kier molecular flexibility index (Phi) is 1.62. The summed E-state index contributed by atoms with van der Waals surface area (Å²) in [7, 11) is 0. The number of benzene rings is 1. The Morgan fingerprint density at radius 2 is 1.77 bits per heavy atom. The molecule has 0 spiro atoms. The molecule has 0 saturated carbocycles. The lowest BCUT2D eigenvalue weighted by molar-refractivity contribution is 0.616. The van der Waals surface area contributed by atoms with Gasteiger partial charge in [-0.2, -0.15) is 0 Å². The normalized spacial score (nSPS) is 10.6. The molecule has 0 saturated heterocycles. The lowest BCUT2D eigenvalue weighted by atomic mass is 10.1. The number of fused-ring (bicyclic) bond motifs is 1. The molecule has 66 valence electrons. The van der Waals surface area contributed by atoms with Crippen LogP contribution in [0.25, 0.3) is 10.8 Å². The first-order chi connectivity index (χ1) is 6.20. The molecule has 0 aliphatic rings. The molecule has 1 aromatic heterocycles. The first kappa shape index (κ1) is 7.91. The Morgan fingerprint density at radius 3 is 2.46 bits per heavy atom. The number of pyridine rings is 1. The third-order valence-electron chi connectivity index (χ3n) is 1.83. The minimum atomic E-state index is -0.710. The Bertz CT molecular complexity index is 518. The van der Waals surface area contributed by atoms with Crippen molar-refractivity contribution < 1.29 is 8.78 Å². The highest BCUT2D eigenvalue weighted by Gasteiger charge is 2.07. The summed E-state index contributed by atoms with van der Waals surface area (Å²) < 4.78 is 26.1. The van der Waals surface area contributed by atoms with Crippen LogP contribution >= 0.6 is 0 Å². The van der Waals surface area contributed by atoms with Gasteiger partial charge in [-0.3, -0.25) is 4.79 Å². The smallest absolute Gasteiger partial charge is 0.258 e. The van der Waals surface area contributed by atoms with E-state index < -0.39 is 17.2 Å². The van der Waals surface area contributed by atoms with Crippen LogP contribution in [-0.2, 0) is 0 Å². The van der Waals surface area contributed by atoms with E-state index in [0.717, 1.165) is 12.1 Å².